The van der Waals surface area contributed by atoms with Gasteiger partial charge in [-0.1, -0.05) is 42.5 Å². The molecule has 0 aliphatic carbocycles. The lowest BCUT2D eigenvalue weighted by Gasteiger charge is -2.11. The summed E-state index contributed by atoms with van der Waals surface area (Å²) < 4.78 is 14.4. The van der Waals surface area contributed by atoms with E-state index in [1.807, 2.05) is 37.3 Å². The predicted molar refractivity (Wildman–Crippen MR) is 111 cm³/mol. The average Bonchev–Trinajstić information content (AvgIpc) is 3.16. The molecule has 1 heterocycles. The van der Waals surface area contributed by atoms with Crippen LogP contribution < -0.4 is 0 Å². The topological polar surface area (TPSA) is 17.1 Å². The van der Waals surface area contributed by atoms with E-state index in [9.17, 15) is 9.18 Å². The maximum Gasteiger partial charge on any atom is 0.162 e. The molecule has 0 atom stereocenters. The van der Waals surface area contributed by atoms with Gasteiger partial charge in [-0.15, -0.1) is 29.3 Å². The summed E-state index contributed by atoms with van der Waals surface area (Å²) in [5.41, 5.74) is 7.63. The standard InChI is InChI=1S/C22H19FOS2/c1-15(17-6-4-3-5-7-17)14-20(18-8-10-19(23)11-9-18)21(16(2)24)22-25-12-13-26-22/h3-11H,12-13H2,1-2H3. The van der Waals surface area contributed by atoms with Gasteiger partial charge in [-0.2, -0.15) is 0 Å². The first kappa shape index (κ1) is 18.8. The Hall–Kier alpha value is -2.00. The molecule has 0 bridgehead atoms. The summed E-state index contributed by atoms with van der Waals surface area (Å²) in [6, 6.07) is 16.2. The van der Waals surface area contributed by atoms with Crippen molar-refractivity contribution in [1.82, 2.24) is 0 Å². The molecule has 0 amide bonds. The zero-order valence-corrected chi connectivity index (χ0v) is 16.3. The first-order valence-corrected chi connectivity index (χ1v) is 10.3. The maximum atomic E-state index is 13.4. The molecule has 2 aromatic carbocycles. The SMILES string of the molecule is CC(=O)C(C(=C=C(C)c1ccccc1)c1ccc(F)cc1)=C1SCCS1. The van der Waals surface area contributed by atoms with Crippen LogP contribution in [-0.2, 0) is 4.79 Å². The van der Waals surface area contributed by atoms with Crippen molar-refractivity contribution in [3.63, 3.8) is 0 Å². The highest BCUT2D eigenvalue weighted by atomic mass is 32.2. The van der Waals surface area contributed by atoms with Gasteiger partial charge in [0.25, 0.3) is 0 Å². The van der Waals surface area contributed by atoms with Gasteiger partial charge in [-0.25, -0.2) is 4.39 Å². The molecule has 0 N–H and O–H groups in total. The average molecular weight is 383 g/mol. The Bertz CT molecular complexity index is 897. The fourth-order valence-corrected chi connectivity index (χ4v) is 5.37. The van der Waals surface area contributed by atoms with Gasteiger partial charge in [0.2, 0.25) is 0 Å². The Morgan fingerprint density at radius 1 is 0.923 bits per heavy atom. The summed E-state index contributed by atoms with van der Waals surface area (Å²) >= 11 is 3.41. The second-order valence-corrected chi connectivity index (χ2v) is 8.38. The lowest BCUT2D eigenvalue weighted by atomic mass is 9.95. The molecule has 1 aliphatic heterocycles. The molecule has 1 fully saturated rings. The molecule has 2 aromatic rings. The molecule has 1 nitrogen and oxygen atoms in total. The van der Waals surface area contributed by atoms with Gasteiger partial charge in [0.1, 0.15) is 5.82 Å². The van der Waals surface area contributed by atoms with Crippen LogP contribution in [0.15, 0.2) is 70.1 Å². The summed E-state index contributed by atoms with van der Waals surface area (Å²) in [5, 5.41) is 0. The van der Waals surface area contributed by atoms with Crippen molar-refractivity contribution < 1.29 is 9.18 Å². The molecule has 1 saturated heterocycles. The van der Waals surface area contributed by atoms with Crippen LogP contribution in [0.5, 0.6) is 0 Å². The maximum absolute atomic E-state index is 13.4. The van der Waals surface area contributed by atoms with Gasteiger partial charge in [-0.05, 0) is 42.7 Å². The number of hydrogen-bond donors (Lipinski definition) is 0. The fourth-order valence-electron chi connectivity index (χ4n) is 2.72. The second-order valence-electron chi connectivity index (χ2n) is 5.91. The summed E-state index contributed by atoms with van der Waals surface area (Å²) in [7, 11) is 0. The Balaban J connectivity index is 2.26. The first-order chi connectivity index (χ1) is 12.6. The van der Waals surface area contributed by atoms with Gasteiger partial charge >= 0.3 is 0 Å². The summed E-state index contributed by atoms with van der Waals surface area (Å²) in [6.45, 7) is 3.57. The van der Waals surface area contributed by atoms with Crippen LogP contribution in [0.2, 0.25) is 0 Å². The molecule has 26 heavy (non-hydrogen) atoms. The van der Waals surface area contributed by atoms with Crippen LogP contribution in [0.25, 0.3) is 11.1 Å². The van der Waals surface area contributed by atoms with E-state index in [-0.39, 0.29) is 11.6 Å². The Kier molecular flexibility index (Phi) is 6.20. The van der Waals surface area contributed by atoms with E-state index in [1.165, 1.54) is 12.1 Å². The van der Waals surface area contributed by atoms with Crippen LogP contribution in [0.3, 0.4) is 0 Å². The minimum Gasteiger partial charge on any atom is -0.294 e. The quantitative estimate of drug-likeness (QED) is 0.463. The van der Waals surface area contributed by atoms with E-state index in [0.29, 0.717) is 5.57 Å². The minimum atomic E-state index is -0.293. The fraction of sp³-hybridized carbons (Fsp3) is 0.182. The minimum absolute atomic E-state index is 0.00888. The number of ketones is 1. The molecule has 1 aliphatic rings. The summed E-state index contributed by atoms with van der Waals surface area (Å²) in [5.74, 6) is 1.71. The summed E-state index contributed by atoms with van der Waals surface area (Å²) in [6.07, 6.45) is 0. The lowest BCUT2D eigenvalue weighted by molar-refractivity contribution is -0.113. The zero-order chi connectivity index (χ0) is 18.5. The zero-order valence-electron chi connectivity index (χ0n) is 14.7. The van der Waals surface area contributed by atoms with Crippen LogP contribution in [-0.4, -0.2) is 17.3 Å². The van der Waals surface area contributed by atoms with E-state index in [1.54, 1.807) is 42.6 Å². The third kappa shape index (κ3) is 4.39. The lowest BCUT2D eigenvalue weighted by Crippen LogP contribution is -2.02. The Labute approximate surface area is 162 Å². The number of Topliss-reactive ketones (excluding diaryl/α,β-unsaturated/α-hetero) is 1. The molecule has 0 radical (unpaired) electrons. The highest BCUT2D eigenvalue weighted by Crippen LogP contribution is 2.43. The summed E-state index contributed by atoms with van der Waals surface area (Å²) in [4.78, 5) is 12.5. The molecule has 3 rings (SSSR count). The molecule has 0 spiro atoms. The number of allylic oxidation sites excluding steroid dienone is 2. The highest BCUT2D eigenvalue weighted by Gasteiger charge is 2.22. The van der Waals surface area contributed by atoms with Crippen molar-refractivity contribution in [2.45, 2.75) is 13.8 Å². The molecule has 0 aromatic heterocycles. The van der Waals surface area contributed by atoms with Gasteiger partial charge in [0.05, 0.1) is 9.81 Å². The number of carbonyl (C=O) groups excluding carboxylic acids is 1. The number of thioether (sulfide) groups is 2. The molecule has 0 saturated carbocycles. The highest BCUT2D eigenvalue weighted by molar-refractivity contribution is 8.25. The normalized spacial score (nSPS) is 13.3. The monoisotopic (exact) mass is 382 g/mol. The first-order valence-electron chi connectivity index (χ1n) is 8.36. The van der Waals surface area contributed by atoms with Crippen molar-refractivity contribution in [3.05, 3.63) is 87.1 Å². The third-order valence-corrected chi connectivity index (χ3v) is 6.72. The van der Waals surface area contributed by atoms with Gasteiger partial charge in [0, 0.05) is 17.1 Å². The Morgan fingerprint density at radius 3 is 2.12 bits per heavy atom. The number of benzene rings is 2. The molecule has 4 heteroatoms. The van der Waals surface area contributed by atoms with Crippen molar-refractivity contribution in [3.8, 4) is 0 Å². The van der Waals surface area contributed by atoms with Crippen molar-refractivity contribution in [1.29, 1.82) is 0 Å². The van der Waals surface area contributed by atoms with E-state index in [4.69, 9.17) is 0 Å². The van der Waals surface area contributed by atoms with E-state index < -0.39 is 0 Å². The van der Waals surface area contributed by atoms with E-state index >= 15 is 0 Å². The van der Waals surface area contributed by atoms with Gasteiger partial charge in [0.15, 0.2) is 5.78 Å². The van der Waals surface area contributed by atoms with E-state index in [2.05, 4.69) is 5.73 Å². The number of halogens is 1. The molecule has 0 unspecified atom stereocenters. The number of hydrogen-bond acceptors (Lipinski definition) is 3. The van der Waals surface area contributed by atoms with Crippen molar-refractivity contribution in [2.24, 2.45) is 0 Å². The third-order valence-electron chi connectivity index (χ3n) is 4.01. The van der Waals surface area contributed by atoms with E-state index in [0.717, 1.165) is 38.0 Å². The van der Waals surface area contributed by atoms with Crippen LogP contribution in [0.4, 0.5) is 4.39 Å². The number of rotatable bonds is 4. The second kappa shape index (κ2) is 8.59. The molecular weight excluding hydrogens is 363 g/mol. The van der Waals surface area contributed by atoms with Gasteiger partial charge in [-0.3, -0.25) is 4.79 Å². The molecule has 132 valence electrons. The molecular formula is C22H19FOS2. The smallest absolute Gasteiger partial charge is 0.162 e. The largest absolute Gasteiger partial charge is 0.294 e. The van der Waals surface area contributed by atoms with Crippen molar-refractivity contribution >= 4 is 40.5 Å². The van der Waals surface area contributed by atoms with Crippen molar-refractivity contribution in [2.75, 3.05) is 11.5 Å². The number of carbonyl (C=O) groups is 1. The van der Waals surface area contributed by atoms with Crippen LogP contribution >= 0.6 is 23.5 Å². The predicted octanol–water partition coefficient (Wildman–Crippen LogP) is 6.19. The Morgan fingerprint density at radius 2 is 1.54 bits per heavy atom. The van der Waals surface area contributed by atoms with Gasteiger partial charge < -0.3 is 0 Å². The van der Waals surface area contributed by atoms with Crippen LogP contribution in [0, 0.1) is 5.82 Å². The van der Waals surface area contributed by atoms with Crippen LogP contribution in [0.1, 0.15) is 25.0 Å².